The summed E-state index contributed by atoms with van der Waals surface area (Å²) >= 11 is 5.84. The van der Waals surface area contributed by atoms with Gasteiger partial charge < -0.3 is 10.1 Å². The SMILES string of the molecule is CC(NC1CCOC1C1CC1)c1ccc(F)c(Cl)c1. The Labute approximate surface area is 118 Å². The smallest absolute Gasteiger partial charge is 0.141 e. The third kappa shape index (κ3) is 2.93. The van der Waals surface area contributed by atoms with Crippen molar-refractivity contribution in [3.05, 3.63) is 34.6 Å². The van der Waals surface area contributed by atoms with Gasteiger partial charge in [-0.1, -0.05) is 17.7 Å². The zero-order chi connectivity index (χ0) is 13.4. The Morgan fingerprint density at radius 1 is 1.37 bits per heavy atom. The minimum Gasteiger partial charge on any atom is -0.376 e. The Bertz CT molecular complexity index is 463. The molecule has 1 saturated heterocycles. The van der Waals surface area contributed by atoms with E-state index in [0.717, 1.165) is 24.5 Å². The number of rotatable bonds is 4. The molecule has 1 aliphatic heterocycles. The number of halogens is 2. The summed E-state index contributed by atoms with van der Waals surface area (Å²) in [5, 5.41) is 3.79. The summed E-state index contributed by atoms with van der Waals surface area (Å²) < 4.78 is 19.0. The second kappa shape index (κ2) is 5.39. The van der Waals surface area contributed by atoms with Gasteiger partial charge in [0.05, 0.1) is 11.1 Å². The summed E-state index contributed by atoms with van der Waals surface area (Å²) in [4.78, 5) is 0. The topological polar surface area (TPSA) is 21.3 Å². The second-order valence-corrected chi connectivity index (χ2v) is 6.04. The fourth-order valence-corrected chi connectivity index (χ4v) is 3.07. The molecule has 3 unspecified atom stereocenters. The molecule has 3 rings (SSSR count). The van der Waals surface area contributed by atoms with Gasteiger partial charge in [-0.2, -0.15) is 0 Å². The molecule has 1 aromatic rings. The van der Waals surface area contributed by atoms with E-state index in [9.17, 15) is 4.39 Å². The normalized spacial score (nSPS) is 28.6. The lowest BCUT2D eigenvalue weighted by Gasteiger charge is -2.24. The molecule has 2 fully saturated rings. The van der Waals surface area contributed by atoms with Crippen molar-refractivity contribution in [3.63, 3.8) is 0 Å². The van der Waals surface area contributed by atoms with Gasteiger partial charge in [-0.25, -0.2) is 4.39 Å². The zero-order valence-corrected chi connectivity index (χ0v) is 11.8. The van der Waals surface area contributed by atoms with Gasteiger partial charge in [0.25, 0.3) is 0 Å². The van der Waals surface area contributed by atoms with Crippen molar-refractivity contribution < 1.29 is 9.13 Å². The summed E-state index contributed by atoms with van der Waals surface area (Å²) in [5.41, 5.74) is 1.02. The van der Waals surface area contributed by atoms with E-state index in [1.807, 2.05) is 0 Å². The predicted octanol–water partition coefficient (Wildman–Crippen LogP) is 3.70. The molecule has 1 heterocycles. The number of hydrogen-bond acceptors (Lipinski definition) is 2. The van der Waals surface area contributed by atoms with E-state index in [2.05, 4.69) is 12.2 Å². The van der Waals surface area contributed by atoms with Crippen LogP contribution in [0.25, 0.3) is 0 Å². The molecule has 3 atom stereocenters. The van der Waals surface area contributed by atoms with Crippen molar-refractivity contribution in [2.75, 3.05) is 6.61 Å². The van der Waals surface area contributed by atoms with Crippen LogP contribution < -0.4 is 5.32 Å². The second-order valence-electron chi connectivity index (χ2n) is 5.63. The van der Waals surface area contributed by atoms with Gasteiger partial charge in [0.15, 0.2) is 0 Å². The maximum Gasteiger partial charge on any atom is 0.141 e. The maximum absolute atomic E-state index is 13.2. The number of hydrogen-bond donors (Lipinski definition) is 1. The molecule has 1 N–H and O–H groups in total. The zero-order valence-electron chi connectivity index (χ0n) is 11.0. The molecule has 19 heavy (non-hydrogen) atoms. The fraction of sp³-hybridized carbons (Fsp3) is 0.600. The number of benzene rings is 1. The summed E-state index contributed by atoms with van der Waals surface area (Å²) in [6.07, 6.45) is 4.00. The summed E-state index contributed by atoms with van der Waals surface area (Å²) in [7, 11) is 0. The molecule has 2 aliphatic rings. The van der Waals surface area contributed by atoms with Gasteiger partial charge in [0.2, 0.25) is 0 Å². The third-order valence-electron chi connectivity index (χ3n) is 4.13. The molecule has 0 spiro atoms. The van der Waals surface area contributed by atoms with Crippen molar-refractivity contribution >= 4 is 11.6 Å². The molecule has 2 nitrogen and oxygen atoms in total. The van der Waals surface area contributed by atoms with Crippen LogP contribution in [0, 0.1) is 11.7 Å². The summed E-state index contributed by atoms with van der Waals surface area (Å²) in [6, 6.07) is 5.49. The van der Waals surface area contributed by atoms with Crippen LogP contribution in [0.5, 0.6) is 0 Å². The van der Waals surface area contributed by atoms with E-state index < -0.39 is 0 Å². The Morgan fingerprint density at radius 2 is 2.16 bits per heavy atom. The predicted molar refractivity (Wildman–Crippen MR) is 73.8 cm³/mol. The minimum atomic E-state index is -0.363. The first-order chi connectivity index (χ1) is 9.15. The Balaban J connectivity index is 1.66. The van der Waals surface area contributed by atoms with Gasteiger partial charge in [-0.15, -0.1) is 0 Å². The van der Waals surface area contributed by atoms with Gasteiger partial charge in [0.1, 0.15) is 5.82 Å². The molecular formula is C15H19ClFNO. The Hall–Kier alpha value is -0.640. The number of ether oxygens (including phenoxy) is 1. The van der Waals surface area contributed by atoms with Gasteiger partial charge >= 0.3 is 0 Å². The third-order valence-corrected chi connectivity index (χ3v) is 4.42. The van der Waals surface area contributed by atoms with Crippen molar-refractivity contribution in [2.45, 2.75) is 44.4 Å². The molecule has 4 heteroatoms. The molecule has 1 aliphatic carbocycles. The monoisotopic (exact) mass is 283 g/mol. The average Bonchev–Trinajstić information content (AvgIpc) is 3.13. The highest BCUT2D eigenvalue weighted by atomic mass is 35.5. The van der Waals surface area contributed by atoms with Crippen LogP contribution >= 0.6 is 11.6 Å². The van der Waals surface area contributed by atoms with E-state index in [0.29, 0.717) is 12.1 Å². The molecule has 1 aromatic carbocycles. The van der Waals surface area contributed by atoms with Crippen LogP contribution in [0.3, 0.4) is 0 Å². The van der Waals surface area contributed by atoms with Gasteiger partial charge in [0, 0.05) is 18.7 Å². The molecule has 0 radical (unpaired) electrons. The molecule has 0 bridgehead atoms. The van der Waals surface area contributed by atoms with E-state index >= 15 is 0 Å². The lowest BCUT2D eigenvalue weighted by atomic mass is 10.0. The van der Waals surface area contributed by atoms with Crippen LogP contribution in [-0.2, 0) is 4.74 Å². The Morgan fingerprint density at radius 3 is 2.84 bits per heavy atom. The van der Waals surface area contributed by atoms with Crippen LogP contribution in [-0.4, -0.2) is 18.8 Å². The first-order valence-electron chi connectivity index (χ1n) is 6.98. The highest BCUT2D eigenvalue weighted by Crippen LogP contribution is 2.39. The fourth-order valence-electron chi connectivity index (χ4n) is 2.88. The molecule has 104 valence electrons. The van der Waals surface area contributed by atoms with Crippen LogP contribution in [0.4, 0.5) is 4.39 Å². The average molecular weight is 284 g/mol. The van der Waals surface area contributed by atoms with Crippen LogP contribution in [0.2, 0.25) is 5.02 Å². The maximum atomic E-state index is 13.2. The summed E-state index contributed by atoms with van der Waals surface area (Å²) in [6.45, 7) is 2.93. The van der Waals surface area contributed by atoms with Gasteiger partial charge in [-0.05, 0) is 49.8 Å². The first-order valence-corrected chi connectivity index (χ1v) is 7.35. The molecule has 0 aromatic heterocycles. The van der Waals surface area contributed by atoms with E-state index in [1.54, 1.807) is 12.1 Å². The lowest BCUT2D eigenvalue weighted by Crippen LogP contribution is -2.39. The molecule has 1 saturated carbocycles. The first kappa shape index (κ1) is 13.3. The van der Waals surface area contributed by atoms with Crippen molar-refractivity contribution in [3.8, 4) is 0 Å². The molecular weight excluding hydrogens is 265 g/mol. The quantitative estimate of drug-likeness (QED) is 0.910. The number of nitrogens with one attached hydrogen (secondary N) is 1. The highest BCUT2D eigenvalue weighted by Gasteiger charge is 2.40. The lowest BCUT2D eigenvalue weighted by molar-refractivity contribution is 0.0793. The van der Waals surface area contributed by atoms with Crippen molar-refractivity contribution in [2.24, 2.45) is 5.92 Å². The minimum absolute atomic E-state index is 0.158. The van der Waals surface area contributed by atoms with Gasteiger partial charge in [-0.3, -0.25) is 0 Å². The van der Waals surface area contributed by atoms with E-state index in [-0.39, 0.29) is 16.9 Å². The van der Waals surface area contributed by atoms with Crippen LogP contribution in [0.1, 0.15) is 37.8 Å². The van der Waals surface area contributed by atoms with E-state index in [1.165, 1.54) is 18.9 Å². The van der Waals surface area contributed by atoms with E-state index in [4.69, 9.17) is 16.3 Å². The standard InChI is InChI=1S/C15H19ClFNO/c1-9(11-4-5-13(17)12(16)8-11)18-14-6-7-19-15(14)10-2-3-10/h4-5,8-10,14-15,18H,2-3,6-7H2,1H3. The van der Waals surface area contributed by atoms with Crippen molar-refractivity contribution in [1.29, 1.82) is 0 Å². The van der Waals surface area contributed by atoms with Crippen LogP contribution in [0.15, 0.2) is 18.2 Å². The largest absolute Gasteiger partial charge is 0.376 e. The van der Waals surface area contributed by atoms with Crippen molar-refractivity contribution in [1.82, 2.24) is 5.32 Å². The Kier molecular flexibility index (Phi) is 3.79. The highest BCUT2D eigenvalue weighted by molar-refractivity contribution is 6.30. The summed E-state index contributed by atoms with van der Waals surface area (Å²) in [5.74, 6) is 0.377. The molecule has 0 amide bonds.